The van der Waals surface area contributed by atoms with Gasteiger partial charge in [-0.05, 0) is 54.2 Å². The summed E-state index contributed by atoms with van der Waals surface area (Å²) in [4.78, 5) is 5.30. The SMILES string of the molecule is CCCCCCCN1C(=CC=C(C=CC2N(CCCCCCC)c3ccccc3C2(C)C)CCC)Cc2ccccc21. The number of rotatable bonds is 17. The molecule has 1 atom stereocenters. The van der Waals surface area contributed by atoms with Crippen LogP contribution in [-0.2, 0) is 11.8 Å². The van der Waals surface area contributed by atoms with E-state index in [1.807, 2.05) is 0 Å². The largest absolute Gasteiger partial charge is 0.364 e. The average Bonchev–Trinajstić information content (AvgIpc) is 3.45. The third-order valence-electron chi connectivity index (χ3n) is 9.49. The molecule has 0 fully saturated rings. The van der Waals surface area contributed by atoms with Crippen LogP contribution in [0.25, 0.3) is 0 Å². The monoisotopic (exact) mass is 566 g/mol. The summed E-state index contributed by atoms with van der Waals surface area (Å²) in [7, 11) is 0. The maximum atomic E-state index is 2.70. The zero-order chi connectivity index (χ0) is 29.8. The molecule has 2 aromatic rings. The predicted molar refractivity (Wildman–Crippen MR) is 186 cm³/mol. The summed E-state index contributed by atoms with van der Waals surface area (Å²) < 4.78 is 0. The molecule has 228 valence electrons. The predicted octanol–water partition coefficient (Wildman–Crippen LogP) is 11.3. The summed E-state index contributed by atoms with van der Waals surface area (Å²) in [6.07, 6.45) is 26.4. The molecule has 0 amide bonds. The van der Waals surface area contributed by atoms with Crippen LogP contribution in [0.4, 0.5) is 11.4 Å². The molecule has 0 bridgehead atoms. The third-order valence-corrected chi connectivity index (χ3v) is 9.49. The van der Waals surface area contributed by atoms with E-state index in [0.717, 1.165) is 32.4 Å². The molecular formula is C40H58N2. The van der Waals surface area contributed by atoms with Gasteiger partial charge in [-0.1, -0.05) is 147 Å². The number of allylic oxidation sites excluding steroid dienone is 5. The Morgan fingerprint density at radius 1 is 0.762 bits per heavy atom. The number of nitrogens with zero attached hydrogens (tertiary/aromatic N) is 2. The van der Waals surface area contributed by atoms with E-state index in [9.17, 15) is 0 Å². The van der Waals surface area contributed by atoms with Crippen molar-refractivity contribution in [1.82, 2.24) is 0 Å². The normalized spacial score (nSPS) is 18.8. The first-order chi connectivity index (χ1) is 20.5. The molecule has 0 radical (unpaired) electrons. The summed E-state index contributed by atoms with van der Waals surface area (Å²) in [5.41, 5.74) is 8.81. The molecule has 1 unspecified atom stereocenters. The highest BCUT2D eigenvalue weighted by Gasteiger charge is 2.42. The minimum Gasteiger partial charge on any atom is -0.364 e. The van der Waals surface area contributed by atoms with E-state index in [1.165, 1.54) is 98.0 Å². The minimum atomic E-state index is 0.0912. The van der Waals surface area contributed by atoms with Gasteiger partial charge in [-0.25, -0.2) is 0 Å². The standard InChI is InChI=1S/C40H58N2/c1-6-9-11-13-19-30-41-35(32-34-22-15-17-24-37(34)41)28-26-33(21-8-3)27-29-39-40(4,5)36-23-16-18-25-38(36)42(39)31-20-14-12-10-7-2/h15-18,22-29,39H,6-14,19-21,30-32H2,1-5H3. The van der Waals surface area contributed by atoms with Crippen molar-refractivity contribution in [3.63, 3.8) is 0 Å². The van der Waals surface area contributed by atoms with Crippen LogP contribution in [0.15, 0.2) is 84.1 Å². The fourth-order valence-corrected chi connectivity index (χ4v) is 7.04. The van der Waals surface area contributed by atoms with E-state index < -0.39 is 0 Å². The molecule has 2 heteroatoms. The van der Waals surface area contributed by atoms with Crippen molar-refractivity contribution in [2.75, 3.05) is 22.9 Å². The van der Waals surface area contributed by atoms with Crippen LogP contribution in [-0.4, -0.2) is 19.1 Å². The van der Waals surface area contributed by atoms with Crippen LogP contribution in [0.2, 0.25) is 0 Å². The van der Waals surface area contributed by atoms with Gasteiger partial charge in [-0.15, -0.1) is 0 Å². The Bertz CT molecular complexity index is 1200. The fourth-order valence-electron chi connectivity index (χ4n) is 7.04. The van der Waals surface area contributed by atoms with E-state index in [4.69, 9.17) is 0 Å². The van der Waals surface area contributed by atoms with Crippen molar-refractivity contribution in [3.8, 4) is 0 Å². The minimum absolute atomic E-state index is 0.0912. The molecule has 0 aromatic heterocycles. The molecule has 0 aliphatic carbocycles. The Hall–Kier alpha value is -2.74. The second-order valence-corrected chi connectivity index (χ2v) is 13.2. The lowest BCUT2D eigenvalue weighted by atomic mass is 9.80. The number of fused-ring (bicyclic) bond motifs is 2. The van der Waals surface area contributed by atoms with Gasteiger partial charge in [0.2, 0.25) is 0 Å². The second-order valence-electron chi connectivity index (χ2n) is 13.2. The van der Waals surface area contributed by atoms with Crippen molar-refractivity contribution in [2.45, 2.75) is 130 Å². The molecule has 4 rings (SSSR count). The second kappa shape index (κ2) is 16.2. The van der Waals surface area contributed by atoms with Gasteiger partial charge < -0.3 is 9.80 Å². The summed E-state index contributed by atoms with van der Waals surface area (Å²) in [5.74, 6) is 0. The molecule has 2 aliphatic heterocycles. The zero-order valence-electron chi connectivity index (χ0n) is 27.5. The lowest BCUT2D eigenvalue weighted by Gasteiger charge is -2.32. The molecule has 0 saturated carbocycles. The highest BCUT2D eigenvalue weighted by Crippen LogP contribution is 2.46. The Morgan fingerprint density at radius 3 is 2.12 bits per heavy atom. The number of para-hydroxylation sites is 2. The molecular weight excluding hydrogens is 508 g/mol. The maximum absolute atomic E-state index is 2.70. The number of unbranched alkanes of at least 4 members (excludes halogenated alkanes) is 8. The van der Waals surface area contributed by atoms with Crippen molar-refractivity contribution in [1.29, 1.82) is 0 Å². The summed E-state index contributed by atoms with van der Waals surface area (Å²) >= 11 is 0. The smallest absolute Gasteiger partial charge is 0.0568 e. The quantitative estimate of drug-likeness (QED) is 0.139. The molecule has 2 aliphatic rings. The molecule has 42 heavy (non-hydrogen) atoms. The van der Waals surface area contributed by atoms with E-state index in [-0.39, 0.29) is 5.41 Å². The summed E-state index contributed by atoms with van der Waals surface area (Å²) in [6, 6.07) is 18.5. The van der Waals surface area contributed by atoms with Gasteiger partial charge in [0, 0.05) is 42.0 Å². The number of hydrogen-bond donors (Lipinski definition) is 0. The van der Waals surface area contributed by atoms with Crippen LogP contribution in [0.1, 0.15) is 123 Å². The zero-order valence-corrected chi connectivity index (χ0v) is 27.5. The Morgan fingerprint density at radius 2 is 1.40 bits per heavy atom. The number of benzene rings is 2. The van der Waals surface area contributed by atoms with Crippen molar-refractivity contribution < 1.29 is 0 Å². The first kappa shape index (κ1) is 32.2. The molecule has 2 nitrogen and oxygen atoms in total. The summed E-state index contributed by atoms with van der Waals surface area (Å²) in [6.45, 7) is 14.1. The Balaban J connectivity index is 1.53. The van der Waals surface area contributed by atoms with E-state index in [1.54, 1.807) is 0 Å². The Labute approximate surface area is 258 Å². The van der Waals surface area contributed by atoms with E-state index in [2.05, 4.69) is 117 Å². The van der Waals surface area contributed by atoms with Crippen LogP contribution in [0.5, 0.6) is 0 Å². The van der Waals surface area contributed by atoms with Gasteiger partial charge in [0.1, 0.15) is 0 Å². The van der Waals surface area contributed by atoms with Gasteiger partial charge in [0.15, 0.2) is 0 Å². The lowest BCUT2D eigenvalue weighted by Crippen LogP contribution is -2.40. The maximum Gasteiger partial charge on any atom is 0.0568 e. The molecule has 0 saturated heterocycles. The van der Waals surface area contributed by atoms with Gasteiger partial charge >= 0.3 is 0 Å². The highest BCUT2D eigenvalue weighted by molar-refractivity contribution is 5.66. The Kier molecular flexibility index (Phi) is 12.4. The molecule has 0 spiro atoms. The van der Waals surface area contributed by atoms with Crippen molar-refractivity contribution >= 4 is 11.4 Å². The van der Waals surface area contributed by atoms with Crippen LogP contribution < -0.4 is 9.80 Å². The molecule has 2 aromatic carbocycles. The number of anilines is 2. The van der Waals surface area contributed by atoms with Gasteiger partial charge in [0.05, 0.1) is 6.04 Å². The van der Waals surface area contributed by atoms with Gasteiger partial charge in [-0.3, -0.25) is 0 Å². The molecule has 2 heterocycles. The summed E-state index contributed by atoms with van der Waals surface area (Å²) in [5, 5.41) is 0. The number of hydrogen-bond acceptors (Lipinski definition) is 2. The average molecular weight is 567 g/mol. The van der Waals surface area contributed by atoms with Crippen LogP contribution >= 0.6 is 0 Å². The van der Waals surface area contributed by atoms with Crippen LogP contribution in [0.3, 0.4) is 0 Å². The first-order valence-electron chi connectivity index (χ1n) is 17.3. The van der Waals surface area contributed by atoms with Gasteiger partial charge in [0.25, 0.3) is 0 Å². The van der Waals surface area contributed by atoms with Crippen LogP contribution in [0, 0.1) is 0 Å². The topological polar surface area (TPSA) is 6.48 Å². The van der Waals surface area contributed by atoms with Crippen molar-refractivity contribution in [2.24, 2.45) is 0 Å². The third kappa shape index (κ3) is 8.00. The van der Waals surface area contributed by atoms with E-state index >= 15 is 0 Å². The van der Waals surface area contributed by atoms with E-state index in [0.29, 0.717) is 6.04 Å². The molecule has 0 N–H and O–H groups in total. The first-order valence-corrected chi connectivity index (χ1v) is 17.3. The van der Waals surface area contributed by atoms with Crippen molar-refractivity contribution in [3.05, 3.63) is 95.2 Å². The van der Waals surface area contributed by atoms with Gasteiger partial charge in [-0.2, -0.15) is 0 Å². The fraction of sp³-hybridized carbons (Fsp3) is 0.550. The lowest BCUT2D eigenvalue weighted by molar-refractivity contribution is 0.468. The highest BCUT2D eigenvalue weighted by atomic mass is 15.2.